The molecule has 0 aliphatic rings. The Morgan fingerprint density at radius 1 is 1.13 bits per heavy atom. The number of carbonyl (C=O) groups excluding carboxylic acids is 1. The Bertz CT molecular complexity index is 604. The molecule has 0 spiro atoms. The third-order valence-corrected chi connectivity index (χ3v) is 3.25. The first-order valence-corrected chi connectivity index (χ1v) is 7.33. The van der Waals surface area contributed by atoms with E-state index in [1.54, 1.807) is 24.5 Å². The summed E-state index contributed by atoms with van der Waals surface area (Å²) >= 11 is 0. The third kappa shape index (κ3) is 6.42. The van der Waals surface area contributed by atoms with Crippen molar-refractivity contribution in [2.24, 2.45) is 0 Å². The van der Waals surface area contributed by atoms with Gasteiger partial charge in [0.15, 0.2) is 0 Å². The molecule has 0 radical (unpaired) electrons. The summed E-state index contributed by atoms with van der Waals surface area (Å²) in [6.07, 6.45) is 5.14. The van der Waals surface area contributed by atoms with Crippen molar-refractivity contribution in [2.45, 2.75) is 25.9 Å². The van der Waals surface area contributed by atoms with Gasteiger partial charge < -0.3 is 10.1 Å². The number of amides is 1. The number of aryl methyl sites for hydroxylation is 1. The van der Waals surface area contributed by atoms with Crippen LogP contribution in [0.1, 0.15) is 17.5 Å². The molecule has 0 bridgehead atoms. The predicted molar refractivity (Wildman–Crippen MR) is 82.3 cm³/mol. The van der Waals surface area contributed by atoms with Crippen molar-refractivity contribution in [1.29, 1.82) is 0 Å². The summed E-state index contributed by atoms with van der Waals surface area (Å²) < 4.78 is 28.3. The number of halogens is 2. The number of hydrogen-bond acceptors (Lipinski definition) is 3. The molecule has 2 rings (SSSR count). The van der Waals surface area contributed by atoms with Crippen LogP contribution in [0.25, 0.3) is 0 Å². The van der Waals surface area contributed by atoms with Gasteiger partial charge in [-0.15, -0.1) is 0 Å². The molecule has 6 heteroatoms. The fourth-order valence-electron chi connectivity index (χ4n) is 2.08. The van der Waals surface area contributed by atoms with Crippen LogP contribution in [0.15, 0.2) is 48.8 Å². The van der Waals surface area contributed by atoms with Gasteiger partial charge in [-0.3, -0.25) is 9.78 Å². The Morgan fingerprint density at radius 3 is 2.57 bits per heavy atom. The largest absolute Gasteiger partial charge is 0.435 e. The van der Waals surface area contributed by atoms with Crippen LogP contribution in [0, 0.1) is 0 Å². The number of nitrogens with zero attached hydrogens (tertiary/aromatic N) is 1. The maximum Gasteiger partial charge on any atom is 0.387 e. The van der Waals surface area contributed by atoms with Gasteiger partial charge in [0.1, 0.15) is 5.75 Å². The van der Waals surface area contributed by atoms with Gasteiger partial charge in [-0.2, -0.15) is 8.78 Å². The van der Waals surface area contributed by atoms with Crippen LogP contribution in [-0.4, -0.2) is 24.0 Å². The second-order valence-corrected chi connectivity index (χ2v) is 4.98. The number of alkyl halides is 2. The molecule has 122 valence electrons. The van der Waals surface area contributed by atoms with Gasteiger partial charge in [-0.05, 0) is 42.2 Å². The molecule has 1 amide bonds. The van der Waals surface area contributed by atoms with Crippen molar-refractivity contribution in [3.05, 3.63) is 59.9 Å². The number of rotatable bonds is 8. The minimum Gasteiger partial charge on any atom is -0.435 e. The normalized spacial score (nSPS) is 10.6. The lowest BCUT2D eigenvalue weighted by atomic mass is 10.1. The van der Waals surface area contributed by atoms with E-state index in [0.717, 1.165) is 11.1 Å². The van der Waals surface area contributed by atoms with Gasteiger partial charge in [-0.1, -0.05) is 18.2 Å². The van der Waals surface area contributed by atoms with Crippen LogP contribution >= 0.6 is 0 Å². The quantitative estimate of drug-likeness (QED) is 0.813. The van der Waals surface area contributed by atoms with Crippen LogP contribution in [0.5, 0.6) is 5.75 Å². The molecule has 0 unspecified atom stereocenters. The molecular weight excluding hydrogens is 302 g/mol. The second-order valence-electron chi connectivity index (χ2n) is 4.98. The average Bonchev–Trinajstić information content (AvgIpc) is 2.55. The van der Waals surface area contributed by atoms with Gasteiger partial charge in [-0.25, -0.2) is 0 Å². The SMILES string of the molecule is O=C(CCc1cccnc1)NCCc1ccc(OC(F)F)cc1. The number of aromatic nitrogens is 1. The Hall–Kier alpha value is -2.50. The Labute approximate surface area is 133 Å². The van der Waals surface area contributed by atoms with Crippen molar-refractivity contribution in [3.63, 3.8) is 0 Å². The van der Waals surface area contributed by atoms with Crippen LogP contribution in [0.4, 0.5) is 8.78 Å². The summed E-state index contributed by atoms with van der Waals surface area (Å²) in [5.74, 6) is 0.107. The molecular formula is C17H18F2N2O2. The van der Waals surface area contributed by atoms with Crippen molar-refractivity contribution in [2.75, 3.05) is 6.54 Å². The fourth-order valence-corrected chi connectivity index (χ4v) is 2.08. The lowest BCUT2D eigenvalue weighted by molar-refractivity contribution is -0.121. The Balaban J connectivity index is 1.67. The van der Waals surface area contributed by atoms with Crippen LogP contribution < -0.4 is 10.1 Å². The number of benzene rings is 1. The molecule has 0 aliphatic heterocycles. The lowest BCUT2D eigenvalue weighted by Crippen LogP contribution is -2.25. The van der Waals surface area contributed by atoms with E-state index in [-0.39, 0.29) is 11.7 Å². The third-order valence-electron chi connectivity index (χ3n) is 3.25. The number of ether oxygens (including phenoxy) is 1. The summed E-state index contributed by atoms with van der Waals surface area (Å²) in [5, 5.41) is 2.84. The highest BCUT2D eigenvalue weighted by atomic mass is 19.3. The van der Waals surface area contributed by atoms with E-state index in [0.29, 0.717) is 25.8 Å². The summed E-state index contributed by atoms with van der Waals surface area (Å²) in [5.41, 5.74) is 1.97. The topological polar surface area (TPSA) is 51.2 Å². The molecule has 1 aromatic carbocycles. The van der Waals surface area contributed by atoms with E-state index in [1.807, 2.05) is 12.1 Å². The highest BCUT2D eigenvalue weighted by Gasteiger charge is 2.05. The summed E-state index contributed by atoms with van der Waals surface area (Å²) in [6.45, 7) is -2.32. The molecule has 4 nitrogen and oxygen atoms in total. The number of hydrogen-bond donors (Lipinski definition) is 1. The van der Waals surface area contributed by atoms with E-state index in [4.69, 9.17) is 0 Å². The Morgan fingerprint density at radius 2 is 1.91 bits per heavy atom. The molecule has 23 heavy (non-hydrogen) atoms. The van der Waals surface area contributed by atoms with Crippen molar-refractivity contribution in [1.82, 2.24) is 10.3 Å². The molecule has 2 aromatic rings. The van der Waals surface area contributed by atoms with Crippen molar-refractivity contribution >= 4 is 5.91 Å². The van der Waals surface area contributed by atoms with Gasteiger partial charge in [0.2, 0.25) is 5.91 Å². The highest BCUT2D eigenvalue weighted by molar-refractivity contribution is 5.76. The van der Waals surface area contributed by atoms with Crippen LogP contribution in [-0.2, 0) is 17.6 Å². The van der Waals surface area contributed by atoms with Gasteiger partial charge in [0.05, 0.1) is 0 Å². The maximum atomic E-state index is 12.0. The molecule has 0 saturated carbocycles. The monoisotopic (exact) mass is 320 g/mol. The standard InChI is InChI=1S/C17H18F2N2O2/c18-17(19)23-15-6-3-13(4-7-15)9-11-21-16(22)8-5-14-2-1-10-20-12-14/h1-4,6-7,10,12,17H,5,8-9,11H2,(H,21,22). The van der Waals surface area contributed by atoms with E-state index < -0.39 is 6.61 Å². The number of pyridine rings is 1. The van der Waals surface area contributed by atoms with Gasteiger partial charge >= 0.3 is 6.61 Å². The molecule has 0 aliphatic carbocycles. The van der Waals surface area contributed by atoms with E-state index in [1.165, 1.54) is 12.1 Å². The van der Waals surface area contributed by atoms with Crippen molar-refractivity contribution < 1.29 is 18.3 Å². The maximum absolute atomic E-state index is 12.0. The predicted octanol–water partition coefficient (Wildman–Crippen LogP) is 2.97. The second kappa shape index (κ2) is 8.82. The highest BCUT2D eigenvalue weighted by Crippen LogP contribution is 2.15. The molecule has 0 fully saturated rings. The average molecular weight is 320 g/mol. The molecule has 1 aromatic heterocycles. The van der Waals surface area contributed by atoms with Crippen LogP contribution in [0.3, 0.4) is 0 Å². The van der Waals surface area contributed by atoms with Crippen LogP contribution in [0.2, 0.25) is 0 Å². The summed E-state index contributed by atoms with van der Waals surface area (Å²) in [4.78, 5) is 15.7. The first-order chi connectivity index (χ1) is 11.1. The minimum atomic E-state index is -2.82. The first-order valence-electron chi connectivity index (χ1n) is 7.33. The summed E-state index contributed by atoms with van der Waals surface area (Å²) in [7, 11) is 0. The zero-order chi connectivity index (χ0) is 16.5. The van der Waals surface area contributed by atoms with Gasteiger partial charge in [0.25, 0.3) is 0 Å². The van der Waals surface area contributed by atoms with Crippen molar-refractivity contribution in [3.8, 4) is 5.75 Å². The Kier molecular flexibility index (Phi) is 6.47. The first kappa shape index (κ1) is 16.9. The zero-order valence-electron chi connectivity index (χ0n) is 12.5. The molecule has 0 atom stereocenters. The number of carbonyl (C=O) groups is 1. The number of nitrogens with one attached hydrogen (secondary N) is 1. The van der Waals surface area contributed by atoms with E-state index in [2.05, 4.69) is 15.0 Å². The zero-order valence-corrected chi connectivity index (χ0v) is 12.5. The van der Waals surface area contributed by atoms with E-state index in [9.17, 15) is 13.6 Å². The smallest absolute Gasteiger partial charge is 0.387 e. The lowest BCUT2D eigenvalue weighted by Gasteiger charge is -2.07. The fraction of sp³-hybridized carbons (Fsp3) is 0.294. The summed E-state index contributed by atoms with van der Waals surface area (Å²) in [6, 6.07) is 10.2. The molecule has 0 saturated heterocycles. The van der Waals surface area contributed by atoms with E-state index >= 15 is 0 Å². The van der Waals surface area contributed by atoms with Gasteiger partial charge in [0, 0.05) is 25.4 Å². The molecule has 1 heterocycles. The minimum absolute atomic E-state index is 0.0218. The molecule has 1 N–H and O–H groups in total.